The molecule has 1 atom stereocenters. The molecule has 0 spiro atoms. The number of carbonyl (C=O) groups is 2. The van der Waals surface area contributed by atoms with Gasteiger partial charge in [-0.1, -0.05) is 59.0 Å². The van der Waals surface area contributed by atoms with E-state index in [-0.39, 0.29) is 25.0 Å². The molecule has 8 heteroatoms. The molecule has 0 aliphatic heterocycles. The van der Waals surface area contributed by atoms with E-state index in [4.69, 9.17) is 27.9 Å². The predicted octanol–water partition coefficient (Wildman–Crippen LogP) is 5.47. The van der Waals surface area contributed by atoms with Crippen LogP contribution in [0.25, 0.3) is 0 Å². The third-order valence-corrected chi connectivity index (χ3v) is 5.72. The van der Waals surface area contributed by atoms with Crippen LogP contribution in [0.15, 0.2) is 46.9 Å². The lowest BCUT2D eigenvalue weighted by Gasteiger charge is -2.30. The Bertz CT molecular complexity index is 862. The highest BCUT2D eigenvalue weighted by atomic mass is 79.9. The predicted molar refractivity (Wildman–Crippen MR) is 124 cm³/mol. The van der Waals surface area contributed by atoms with Crippen molar-refractivity contribution in [2.24, 2.45) is 0 Å². The summed E-state index contributed by atoms with van der Waals surface area (Å²) in [5.74, 6) is 0.100. The number of nitrogens with zero attached hydrogens (tertiary/aromatic N) is 1. The van der Waals surface area contributed by atoms with Gasteiger partial charge in [-0.15, -0.1) is 0 Å². The van der Waals surface area contributed by atoms with E-state index in [1.807, 2.05) is 26.0 Å². The van der Waals surface area contributed by atoms with E-state index in [2.05, 4.69) is 21.2 Å². The Morgan fingerprint density at radius 3 is 2.40 bits per heavy atom. The molecule has 30 heavy (non-hydrogen) atoms. The molecule has 0 aromatic heterocycles. The Morgan fingerprint density at radius 1 is 1.10 bits per heavy atom. The Balaban J connectivity index is 2.21. The van der Waals surface area contributed by atoms with Crippen LogP contribution in [0.5, 0.6) is 5.75 Å². The van der Waals surface area contributed by atoms with Crippen LogP contribution in [0, 0.1) is 0 Å². The highest BCUT2D eigenvalue weighted by Gasteiger charge is 2.28. The summed E-state index contributed by atoms with van der Waals surface area (Å²) < 4.78 is 6.57. The van der Waals surface area contributed by atoms with Crippen LogP contribution < -0.4 is 10.1 Å². The zero-order valence-corrected chi connectivity index (χ0v) is 20.1. The summed E-state index contributed by atoms with van der Waals surface area (Å²) in [5, 5.41) is 3.71. The lowest BCUT2D eigenvalue weighted by atomic mass is 10.1. The van der Waals surface area contributed by atoms with Gasteiger partial charge in [0.2, 0.25) is 5.91 Å². The van der Waals surface area contributed by atoms with Gasteiger partial charge in [-0.3, -0.25) is 9.59 Å². The quantitative estimate of drug-likeness (QED) is 0.456. The van der Waals surface area contributed by atoms with Gasteiger partial charge in [0.1, 0.15) is 11.8 Å². The molecule has 0 aliphatic rings. The maximum atomic E-state index is 13.1. The average molecular weight is 516 g/mol. The maximum Gasteiger partial charge on any atom is 0.261 e. The van der Waals surface area contributed by atoms with Crippen LogP contribution in [0.3, 0.4) is 0 Å². The van der Waals surface area contributed by atoms with E-state index >= 15 is 0 Å². The van der Waals surface area contributed by atoms with Crippen molar-refractivity contribution >= 4 is 50.9 Å². The number of ether oxygens (including phenoxy) is 1. The number of hydrogen-bond donors (Lipinski definition) is 1. The molecule has 0 fully saturated rings. The Hall–Kier alpha value is -1.76. The summed E-state index contributed by atoms with van der Waals surface area (Å²) in [6.07, 6.45) is 1.29. The summed E-state index contributed by atoms with van der Waals surface area (Å²) in [6.45, 7) is 4.45. The van der Waals surface area contributed by atoms with E-state index in [1.54, 1.807) is 30.3 Å². The topological polar surface area (TPSA) is 58.6 Å². The zero-order chi connectivity index (χ0) is 22.1. The van der Waals surface area contributed by atoms with Gasteiger partial charge in [0.15, 0.2) is 6.61 Å². The van der Waals surface area contributed by atoms with Crippen molar-refractivity contribution in [3.63, 3.8) is 0 Å². The van der Waals surface area contributed by atoms with E-state index in [1.165, 1.54) is 4.90 Å². The number of amides is 2. The van der Waals surface area contributed by atoms with E-state index < -0.39 is 6.04 Å². The maximum absolute atomic E-state index is 13.1. The number of nitrogens with one attached hydrogen (secondary N) is 1. The highest BCUT2D eigenvalue weighted by Crippen LogP contribution is 2.24. The van der Waals surface area contributed by atoms with Crippen molar-refractivity contribution in [3.8, 4) is 5.75 Å². The second-order valence-electron chi connectivity index (χ2n) is 6.73. The van der Waals surface area contributed by atoms with E-state index in [0.717, 1.165) is 16.5 Å². The molecule has 2 rings (SSSR count). The van der Waals surface area contributed by atoms with Crippen molar-refractivity contribution in [2.75, 3.05) is 13.2 Å². The van der Waals surface area contributed by atoms with Gasteiger partial charge in [0, 0.05) is 17.6 Å². The van der Waals surface area contributed by atoms with Crippen LogP contribution in [-0.2, 0) is 16.1 Å². The molecule has 5 nitrogen and oxygen atoms in total. The molecule has 0 saturated heterocycles. The Labute approximate surface area is 195 Å². The SMILES string of the molecule is CCCNC(=O)[C@@H](CC)N(Cc1ccc(Cl)c(Cl)c1)C(=O)COc1ccc(Br)cc1. The molecule has 1 N–H and O–H groups in total. The fourth-order valence-corrected chi connectivity index (χ4v) is 3.46. The molecule has 0 heterocycles. The normalized spacial score (nSPS) is 11.6. The van der Waals surface area contributed by atoms with Crippen LogP contribution >= 0.6 is 39.1 Å². The van der Waals surface area contributed by atoms with Crippen LogP contribution in [0.2, 0.25) is 10.0 Å². The molecule has 0 bridgehead atoms. The van der Waals surface area contributed by atoms with Gasteiger partial charge in [0.05, 0.1) is 10.0 Å². The fourth-order valence-electron chi connectivity index (χ4n) is 2.88. The fraction of sp³-hybridized carbons (Fsp3) is 0.364. The molecule has 0 saturated carbocycles. The van der Waals surface area contributed by atoms with E-state index in [9.17, 15) is 9.59 Å². The number of hydrogen-bond acceptors (Lipinski definition) is 3. The zero-order valence-electron chi connectivity index (χ0n) is 17.0. The molecule has 0 aliphatic carbocycles. The first-order valence-electron chi connectivity index (χ1n) is 9.75. The summed E-state index contributed by atoms with van der Waals surface area (Å²) in [4.78, 5) is 27.3. The van der Waals surface area contributed by atoms with Gasteiger partial charge in [-0.2, -0.15) is 0 Å². The first-order valence-corrected chi connectivity index (χ1v) is 11.3. The highest BCUT2D eigenvalue weighted by molar-refractivity contribution is 9.10. The second-order valence-corrected chi connectivity index (χ2v) is 8.46. The van der Waals surface area contributed by atoms with Gasteiger partial charge < -0.3 is 15.0 Å². The van der Waals surface area contributed by atoms with Crippen molar-refractivity contribution in [2.45, 2.75) is 39.3 Å². The number of benzene rings is 2. The van der Waals surface area contributed by atoms with Crippen LogP contribution in [0.4, 0.5) is 0 Å². The third-order valence-electron chi connectivity index (χ3n) is 4.45. The first kappa shape index (κ1) is 24.5. The van der Waals surface area contributed by atoms with Gasteiger partial charge in [-0.05, 0) is 54.8 Å². The minimum Gasteiger partial charge on any atom is -0.484 e. The van der Waals surface area contributed by atoms with Crippen molar-refractivity contribution in [1.82, 2.24) is 10.2 Å². The van der Waals surface area contributed by atoms with Gasteiger partial charge >= 0.3 is 0 Å². The van der Waals surface area contributed by atoms with Crippen LogP contribution in [-0.4, -0.2) is 35.9 Å². The lowest BCUT2D eigenvalue weighted by molar-refractivity contribution is -0.143. The standard InChI is InChI=1S/C22H25BrCl2N2O3/c1-3-11-26-22(29)20(4-2)27(13-15-5-10-18(24)19(25)12-15)21(28)14-30-17-8-6-16(23)7-9-17/h5-10,12,20H,3-4,11,13-14H2,1-2H3,(H,26,29)/t20-/m1/s1. The first-order chi connectivity index (χ1) is 14.3. The molecule has 0 unspecified atom stereocenters. The summed E-state index contributed by atoms with van der Waals surface area (Å²) >= 11 is 15.5. The molecule has 0 radical (unpaired) electrons. The monoisotopic (exact) mass is 514 g/mol. The minimum absolute atomic E-state index is 0.180. The molecule has 2 amide bonds. The van der Waals surface area contributed by atoms with E-state index in [0.29, 0.717) is 28.8 Å². The van der Waals surface area contributed by atoms with Gasteiger partial charge in [0.25, 0.3) is 5.91 Å². The molecular formula is C22H25BrCl2N2O3. The van der Waals surface area contributed by atoms with Gasteiger partial charge in [-0.25, -0.2) is 0 Å². The van der Waals surface area contributed by atoms with Crippen molar-refractivity contribution in [1.29, 1.82) is 0 Å². The Morgan fingerprint density at radius 2 is 1.80 bits per heavy atom. The minimum atomic E-state index is -0.618. The number of carbonyl (C=O) groups excluding carboxylic acids is 2. The summed E-state index contributed by atoms with van der Waals surface area (Å²) in [7, 11) is 0. The average Bonchev–Trinajstić information content (AvgIpc) is 2.74. The lowest BCUT2D eigenvalue weighted by Crippen LogP contribution is -2.50. The summed E-state index contributed by atoms with van der Waals surface area (Å²) in [5.41, 5.74) is 0.781. The summed E-state index contributed by atoms with van der Waals surface area (Å²) in [6, 6.07) is 11.8. The Kier molecular flexibility index (Phi) is 9.95. The number of rotatable bonds is 10. The third kappa shape index (κ3) is 7.18. The molecule has 2 aromatic rings. The van der Waals surface area contributed by atoms with Crippen molar-refractivity contribution in [3.05, 3.63) is 62.5 Å². The largest absolute Gasteiger partial charge is 0.484 e. The molecule has 162 valence electrons. The molecule has 2 aromatic carbocycles. The smallest absolute Gasteiger partial charge is 0.261 e. The molecular weight excluding hydrogens is 491 g/mol. The number of halogens is 3. The van der Waals surface area contributed by atoms with Crippen LogP contribution in [0.1, 0.15) is 32.3 Å². The second kappa shape index (κ2) is 12.2. The van der Waals surface area contributed by atoms with Crippen molar-refractivity contribution < 1.29 is 14.3 Å².